The van der Waals surface area contributed by atoms with E-state index in [0.29, 0.717) is 5.76 Å². The van der Waals surface area contributed by atoms with E-state index in [-0.39, 0.29) is 12.5 Å². The predicted molar refractivity (Wildman–Crippen MR) is 80.0 cm³/mol. The minimum absolute atomic E-state index is 0.150. The Morgan fingerprint density at radius 1 is 1.42 bits per heavy atom. The molecule has 2 aromatic rings. The highest BCUT2D eigenvalue weighted by atomic mass is 127. The van der Waals surface area contributed by atoms with Crippen LogP contribution in [0, 0.1) is 3.57 Å². The van der Waals surface area contributed by atoms with E-state index in [1.807, 2.05) is 24.3 Å². The number of carbonyl (C=O) groups excluding carboxylic acids is 1. The summed E-state index contributed by atoms with van der Waals surface area (Å²) in [5.74, 6) is 0.302. The van der Waals surface area contributed by atoms with Crippen LogP contribution in [-0.4, -0.2) is 18.7 Å². The number of hydrogen-bond donors (Lipinski definition) is 1. The zero-order valence-electron chi connectivity index (χ0n) is 9.88. The van der Waals surface area contributed by atoms with Crippen LogP contribution in [0.3, 0.4) is 0 Å². The number of carbonyl (C=O) groups is 1. The summed E-state index contributed by atoms with van der Waals surface area (Å²) in [6, 6.07) is 11.0. The Balaban J connectivity index is 1.76. The van der Waals surface area contributed by atoms with E-state index in [1.165, 1.54) is 12.5 Å². The molecule has 0 aliphatic rings. The van der Waals surface area contributed by atoms with Crippen molar-refractivity contribution in [1.82, 2.24) is 0 Å². The highest BCUT2D eigenvalue weighted by Crippen LogP contribution is 2.12. The van der Waals surface area contributed by atoms with Crippen molar-refractivity contribution >= 4 is 40.4 Å². The molecule has 0 bridgehead atoms. The minimum Gasteiger partial charge on any atom is -0.463 e. The number of hydrogen-bond acceptors (Lipinski definition) is 4. The van der Waals surface area contributed by atoms with Gasteiger partial charge in [0.1, 0.15) is 12.0 Å². The standard InChI is InChI=1S/C13H11IN2O3/c14-10-3-1-4-11(7-10)16-13(17)9-19-15-8-12-5-2-6-18-12/h1-8H,9H2,(H,16,17). The zero-order chi connectivity index (χ0) is 13.5. The number of rotatable bonds is 5. The smallest absolute Gasteiger partial charge is 0.265 e. The molecule has 0 aliphatic heterocycles. The summed E-state index contributed by atoms with van der Waals surface area (Å²) >= 11 is 2.18. The van der Waals surface area contributed by atoms with Gasteiger partial charge in [-0.3, -0.25) is 4.79 Å². The predicted octanol–water partition coefficient (Wildman–Crippen LogP) is 2.87. The first-order chi connectivity index (χ1) is 9.24. The topological polar surface area (TPSA) is 63.8 Å². The Bertz CT molecular complexity index is 567. The lowest BCUT2D eigenvalue weighted by molar-refractivity contribution is -0.120. The van der Waals surface area contributed by atoms with Gasteiger partial charge in [-0.2, -0.15) is 0 Å². The molecule has 0 aliphatic carbocycles. The largest absolute Gasteiger partial charge is 0.463 e. The molecular formula is C13H11IN2O3. The second kappa shape index (κ2) is 6.93. The highest BCUT2D eigenvalue weighted by molar-refractivity contribution is 14.1. The third-order valence-electron chi connectivity index (χ3n) is 2.10. The van der Waals surface area contributed by atoms with Crippen LogP contribution in [0.5, 0.6) is 0 Å². The number of halogens is 1. The number of nitrogens with zero attached hydrogens (tertiary/aromatic N) is 1. The summed E-state index contributed by atoms with van der Waals surface area (Å²) in [5.41, 5.74) is 0.732. The SMILES string of the molecule is O=C(CON=Cc1ccco1)Nc1cccc(I)c1. The first-order valence-corrected chi connectivity index (χ1v) is 6.56. The molecule has 98 valence electrons. The number of benzene rings is 1. The average molecular weight is 370 g/mol. The Morgan fingerprint density at radius 2 is 2.32 bits per heavy atom. The van der Waals surface area contributed by atoms with Crippen LogP contribution in [0.1, 0.15) is 5.76 Å². The van der Waals surface area contributed by atoms with Crippen LogP contribution in [0.2, 0.25) is 0 Å². The third kappa shape index (κ3) is 4.74. The summed E-state index contributed by atoms with van der Waals surface area (Å²) in [6.45, 7) is -0.150. The summed E-state index contributed by atoms with van der Waals surface area (Å²) < 4.78 is 6.07. The number of amides is 1. The monoisotopic (exact) mass is 370 g/mol. The van der Waals surface area contributed by atoms with Gasteiger partial charge < -0.3 is 14.6 Å². The maximum atomic E-state index is 11.5. The van der Waals surface area contributed by atoms with E-state index in [1.54, 1.807) is 12.1 Å². The van der Waals surface area contributed by atoms with E-state index in [4.69, 9.17) is 9.25 Å². The van der Waals surface area contributed by atoms with Gasteiger partial charge in [-0.1, -0.05) is 11.2 Å². The molecule has 0 unspecified atom stereocenters. The normalized spacial score (nSPS) is 10.6. The molecular weight excluding hydrogens is 359 g/mol. The van der Waals surface area contributed by atoms with Crippen molar-refractivity contribution in [2.24, 2.45) is 5.16 Å². The number of nitrogens with one attached hydrogen (secondary N) is 1. The van der Waals surface area contributed by atoms with Gasteiger partial charge in [-0.15, -0.1) is 0 Å². The van der Waals surface area contributed by atoms with Crippen molar-refractivity contribution in [1.29, 1.82) is 0 Å². The lowest BCUT2D eigenvalue weighted by atomic mass is 10.3. The Hall–Kier alpha value is -1.83. The molecule has 1 heterocycles. The first-order valence-electron chi connectivity index (χ1n) is 5.48. The number of furan rings is 1. The Labute approximate surface area is 123 Å². The highest BCUT2D eigenvalue weighted by Gasteiger charge is 2.02. The van der Waals surface area contributed by atoms with Crippen LogP contribution in [0.15, 0.2) is 52.2 Å². The van der Waals surface area contributed by atoms with E-state index in [0.717, 1.165) is 9.26 Å². The molecule has 6 heteroatoms. The fourth-order valence-corrected chi connectivity index (χ4v) is 1.86. The molecule has 1 aromatic carbocycles. The molecule has 0 fully saturated rings. The molecule has 0 saturated carbocycles. The van der Waals surface area contributed by atoms with Crippen LogP contribution in [-0.2, 0) is 9.63 Å². The van der Waals surface area contributed by atoms with E-state index in [9.17, 15) is 4.79 Å². The molecule has 19 heavy (non-hydrogen) atoms. The van der Waals surface area contributed by atoms with Crippen molar-refractivity contribution in [3.05, 3.63) is 52.0 Å². The fourth-order valence-electron chi connectivity index (χ4n) is 1.31. The van der Waals surface area contributed by atoms with Gasteiger partial charge >= 0.3 is 0 Å². The van der Waals surface area contributed by atoms with Crippen molar-refractivity contribution in [2.45, 2.75) is 0 Å². The Kier molecular flexibility index (Phi) is 4.96. The summed E-state index contributed by atoms with van der Waals surface area (Å²) in [4.78, 5) is 16.4. The number of anilines is 1. The van der Waals surface area contributed by atoms with Crippen LogP contribution >= 0.6 is 22.6 Å². The van der Waals surface area contributed by atoms with Crippen molar-refractivity contribution in [2.75, 3.05) is 11.9 Å². The van der Waals surface area contributed by atoms with Crippen molar-refractivity contribution in [3.8, 4) is 0 Å². The molecule has 1 aromatic heterocycles. The van der Waals surface area contributed by atoms with E-state index < -0.39 is 0 Å². The molecule has 0 atom stereocenters. The molecule has 0 radical (unpaired) electrons. The summed E-state index contributed by atoms with van der Waals surface area (Å²) in [6.07, 6.45) is 2.93. The van der Waals surface area contributed by atoms with Gasteiger partial charge in [0.15, 0.2) is 6.61 Å². The molecule has 0 saturated heterocycles. The summed E-state index contributed by atoms with van der Waals surface area (Å²) in [5, 5.41) is 6.34. The Morgan fingerprint density at radius 3 is 3.05 bits per heavy atom. The van der Waals surface area contributed by atoms with Gasteiger partial charge in [0.25, 0.3) is 5.91 Å². The number of oxime groups is 1. The van der Waals surface area contributed by atoms with Crippen molar-refractivity contribution < 1.29 is 14.0 Å². The van der Waals surface area contributed by atoms with Crippen molar-refractivity contribution in [3.63, 3.8) is 0 Å². The molecule has 0 spiro atoms. The maximum absolute atomic E-state index is 11.5. The lowest BCUT2D eigenvalue weighted by Gasteiger charge is -2.04. The second-order valence-electron chi connectivity index (χ2n) is 3.58. The van der Waals surface area contributed by atoms with Gasteiger partial charge in [0.2, 0.25) is 0 Å². The van der Waals surface area contributed by atoms with Gasteiger partial charge in [0.05, 0.1) is 6.26 Å². The average Bonchev–Trinajstić information content (AvgIpc) is 2.88. The van der Waals surface area contributed by atoms with Gasteiger partial charge in [-0.05, 0) is 52.9 Å². The van der Waals surface area contributed by atoms with Crippen LogP contribution in [0.25, 0.3) is 0 Å². The maximum Gasteiger partial charge on any atom is 0.265 e. The minimum atomic E-state index is -0.265. The van der Waals surface area contributed by atoms with E-state index >= 15 is 0 Å². The zero-order valence-corrected chi connectivity index (χ0v) is 12.0. The van der Waals surface area contributed by atoms with Gasteiger partial charge in [0, 0.05) is 9.26 Å². The molecule has 2 rings (SSSR count). The quantitative estimate of drug-likeness (QED) is 0.500. The fraction of sp³-hybridized carbons (Fsp3) is 0.0769. The molecule has 1 amide bonds. The lowest BCUT2D eigenvalue weighted by Crippen LogP contribution is -2.16. The first kappa shape index (κ1) is 13.6. The van der Waals surface area contributed by atoms with Crippen LogP contribution < -0.4 is 5.32 Å². The van der Waals surface area contributed by atoms with Crippen LogP contribution in [0.4, 0.5) is 5.69 Å². The van der Waals surface area contributed by atoms with Gasteiger partial charge in [-0.25, -0.2) is 0 Å². The molecule has 5 nitrogen and oxygen atoms in total. The third-order valence-corrected chi connectivity index (χ3v) is 2.77. The second-order valence-corrected chi connectivity index (χ2v) is 4.83. The van der Waals surface area contributed by atoms with E-state index in [2.05, 4.69) is 33.1 Å². The summed E-state index contributed by atoms with van der Waals surface area (Å²) in [7, 11) is 0. The molecule has 1 N–H and O–H groups in total.